The van der Waals surface area contributed by atoms with E-state index in [-0.39, 0.29) is 12.6 Å². The van der Waals surface area contributed by atoms with Crippen LogP contribution in [0.5, 0.6) is 0 Å². The van der Waals surface area contributed by atoms with Gasteiger partial charge >= 0.3 is 0 Å². The molecule has 0 atom stereocenters. The first kappa shape index (κ1) is 11.7. The molecule has 0 aliphatic carbocycles. The van der Waals surface area contributed by atoms with Gasteiger partial charge in [0, 0.05) is 24.3 Å². The van der Waals surface area contributed by atoms with Crippen molar-refractivity contribution in [1.82, 2.24) is 4.98 Å². The lowest BCUT2D eigenvalue weighted by atomic mass is 10.2. The molecule has 4 nitrogen and oxygen atoms in total. The Morgan fingerprint density at radius 2 is 2.27 bits per heavy atom. The second-order valence-corrected chi connectivity index (χ2v) is 3.58. The lowest BCUT2D eigenvalue weighted by molar-refractivity contribution is 0.112. The number of nitrogens with zero attached hydrogens (tertiary/aromatic N) is 2. The van der Waals surface area contributed by atoms with Crippen molar-refractivity contribution in [2.75, 3.05) is 18.1 Å². The van der Waals surface area contributed by atoms with E-state index >= 15 is 0 Å². The highest BCUT2D eigenvalue weighted by Gasteiger charge is 2.10. The Kier molecular flexibility index (Phi) is 4.24. The summed E-state index contributed by atoms with van der Waals surface area (Å²) in [5.74, 6) is 0.782. The molecule has 82 valence electrons. The number of pyridine rings is 1. The molecule has 0 amide bonds. The van der Waals surface area contributed by atoms with Crippen molar-refractivity contribution in [3.8, 4) is 0 Å². The Morgan fingerprint density at radius 3 is 2.67 bits per heavy atom. The van der Waals surface area contributed by atoms with Gasteiger partial charge in [-0.1, -0.05) is 0 Å². The summed E-state index contributed by atoms with van der Waals surface area (Å²) in [4.78, 5) is 16.6. The number of carbonyl (C=O) groups is 1. The molecule has 0 spiro atoms. The number of rotatable bonds is 5. The fraction of sp³-hybridized carbons (Fsp3) is 0.455. The van der Waals surface area contributed by atoms with Crippen LogP contribution in [0.2, 0.25) is 0 Å². The number of aliphatic hydroxyl groups is 1. The lowest BCUT2D eigenvalue weighted by Crippen LogP contribution is -2.34. The molecule has 1 N–H and O–H groups in total. The molecule has 0 aliphatic heterocycles. The van der Waals surface area contributed by atoms with Gasteiger partial charge in [0.15, 0.2) is 6.29 Å². The van der Waals surface area contributed by atoms with E-state index in [0.29, 0.717) is 12.1 Å². The SMILES string of the molecule is CC(C)N(CCO)c1ccc(C=O)cn1. The van der Waals surface area contributed by atoms with Crippen LogP contribution in [0, 0.1) is 0 Å². The van der Waals surface area contributed by atoms with Crippen LogP contribution in [0.25, 0.3) is 0 Å². The van der Waals surface area contributed by atoms with Crippen molar-refractivity contribution >= 4 is 12.1 Å². The van der Waals surface area contributed by atoms with E-state index < -0.39 is 0 Å². The molecule has 0 fully saturated rings. The van der Waals surface area contributed by atoms with Crippen LogP contribution in [0.3, 0.4) is 0 Å². The third-order valence-corrected chi connectivity index (χ3v) is 2.17. The van der Waals surface area contributed by atoms with Gasteiger partial charge in [0.1, 0.15) is 5.82 Å². The van der Waals surface area contributed by atoms with Crippen molar-refractivity contribution in [2.45, 2.75) is 19.9 Å². The number of aromatic nitrogens is 1. The normalized spacial score (nSPS) is 10.4. The van der Waals surface area contributed by atoms with Gasteiger partial charge in [-0.05, 0) is 26.0 Å². The maximum absolute atomic E-state index is 10.5. The van der Waals surface area contributed by atoms with Gasteiger partial charge in [0.25, 0.3) is 0 Å². The molecular formula is C11H16N2O2. The second-order valence-electron chi connectivity index (χ2n) is 3.58. The van der Waals surface area contributed by atoms with Crippen molar-refractivity contribution in [2.24, 2.45) is 0 Å². The van der Waals surface area contributed by atoms with E-state index in [1.165, 1.54) is 6.20 Å². The Bertz CT molecular complexity index is 309. The topological polar surface area (TPSA) is 53.4 Å². The number of aliphatic hydroxyl groups excluding tert-OH is 1. The molecule has 0 radical (unpaired) electrons. The first-order valence-corrected chi connectivity index (χ1v) is 4.97. The molecule has 15 heavy (non-hydrogen) atoms. The average molecular weight is 208 g/mol. The summed E-state index contributed by atoms with van der Waals surface area (Å²) in [7, 11) is 0. The highest BCUT2D eigenvalue weighted by Crippen LogP contribution is 2.13. The van der Waals surface area contributed by atoms with Gasteiger partial charge < -0.3 is 10.0 Å². The van der Waals surface area contributed by atoms with Crippen LogP contribution in [0.1, 0.15) is 24.2 Å². The summed E-state index contributed by atoms with van der Waals surface area (Å²) in [6.07, 6.45) is 2.30. The second kappa shape index (κ2) is 5.46. The van der Waals surface area contributed by atoms with Crippen LogP contribution < -0.4 is 4.90 Å². The van der Waals surface area contributed by atoms with Crippen LogP contribution in [-0.4, -0.2) is 35.6 Å². The van der Waals surface area contributed by atoms with Gasteiger partial charge in [-0.3, -0.25) is 4.79 Å². The zero-order valence-corrected chi connectivity index (χ0v) is 9.05. The predicted molar refractivity (Wildman–Crippen MR) is 59.2 cm³/mol. The summed E-state index contributed by atoms with van der Waals surface area (Å²) < 4.78 is 0. The molecule has 1 aromatic rings. The van der Waals surface area contributed by atoms with Gasteiger partial charge in [-0.2, -0.15) is 0 Å². The summed E-state index contributed by atoms with van der Waals surface area (Å²) in [6, 6.07) is 3.79. The highest BCUT2D eigenvalue weighted by molar-refractivity contribution is 5.74. The van der Waals surface area contributed by atoms with Crippen molar-refractivity contribution in [3.63, 3.8) is 0 Å². The molecule has 4 heteroatoms. The van der Waals surface area contributed by atoms with E-state index in [2.05, 4.69) is 4.98 Å². The predicted octanol–water partition coefficient (Wildman–Crippen LogP) is 1.10. The Balaban J connectivity index is 2.86. The van der Waals surface area contributed by atoms with Gasteiger partial charge in [0.2, 0.25) is 0 Å². The molecular weight excluding hydrogens is 192 g/mol. The standard InChI is InChI=1S/C11H16N2O2/c1-9(2)13(5-6-14)11-4-3-10(8-15)7-12-11/h3-4,7-9,14H,5-6H2,1-2H3. The van der Waals surface area contributed by atoms with Crippen LogP contribution in [-0.2, 0) is 0 Å². The molecule has 1 aromatic heterocycles. The molecule has 1 heterocycles. The quantitative estimate of drug-likeness (QED) is 0.736. The maximum atomic E-state index is 10.5. The maximum Gasteiger partial charge on any atom is 0.151 e. The number of aldehydes is 1. The fourth-order valence-electron chi connectivity index (χ4n) is 1.38. The Labute approximate surface area is 89.6 Å². The number of anilines is 1. The third-order valence-electron chi connectivity index (χ3n) is 2.17. The van der Waals surface area contributed by atoms with Crippen LogP contribution in [0.4, 0.5) is 5.82 Å². The van der Waals surface area contributed by atoms with Crippen molar-refractivity contribution < 1.29 is 9.90 Å². The molecule has 0 aliphatic rings. The van der Waals surface area contributed by atoms with Crippen molar-refractivity contribution in [1.29, 1.82) is 0 Å². The van der Waals surface area contributed by atoms with E-state index in [1.54, 1.807) is 12.1 Å². The number of hydrogen-bond donors (Lipinski definition) is 1. The monoisotopic (exact) mass is 208 g/mol. The van der Waals surface area contributed by atoms with E-state index in [1.807, 2.05) is 18.7 Å². The van der Waals surface area contributed by atoms with Crippen LogP contribution in [0.15, 0.2) is 18.3 Å². The fourth-order valence-corrected chi connectivity index (χ4v) is 1.38. The largest absolute Gasteiger partial charge is 0.395 e. The summed E-state index contributed by atoms with van der Waals surface area (Å²) in [6.45, 7) is 4.70. The third kappa shape index (κ3) is 3.02. The first-order chi connectivity index (χ1) is 7.19. The van der Waals surface area contributed by atoms with E-state index in [4.69, 9.17) is 5.11 Å². The number of hydrogen-bond acceptors (Lipinski definition) is 4. The Morgan fingerprint density at radius 1 is 1.53 bits per heavy atom. The minimum atomic E-state index is 0.0926. The molecule has 0 saturated carbocycles. The minimum absolute atomic E-state index is 0.0926. The smallest absolute Gasteiger partial charge is 0.151 e. The zero-order valence-electron chi connectivity index (χ0n) is 9.05. The summed E-state index contributed by atoms with van der Waals surface area (Å²) >= 11 is 0. The number of carbonyl (C=O) groups excluding carboxylic acids is 1. The zero-order chi connectivity index (χ0) is 11.3. The summed E-state index contributed by atoms with van der Waals surface area (Å²) in [5, 5.41) is 8.92. The summed E-state index contributed by atoms with van der Waals surface area (Å²) in [5.41, 5.74) is 0.562. The minimum Gasteiger partial charge on any atom is -0.395 e. The van der Waals surface area contributed by atoms with E-state index in [0.717, 1.165) is 12.1 Å². The van der Waals surface area contributed by atoms with Crippen LogP contribution >= 0.6 is 0 Å². The highest BCUT2D eigenvalue weighted by atomic mass is 16.3. The van der Waals surface area contributed by atoms with Crippen molar-refractivity contribution in [3.05, 3.63) is 23.9 Å². The van der Waals surface area contributed by atoms with E-state index in [9.17, 15) is 4.79 Å². The van der Waals surface area contributed by atoms with Gasteiger partial charge in [-0.25, -0.2) is 4.98 Å². The molecule has 0 aromatic carbocycles. The molecule has 1 rings (SSSR count). The Hall–Kier alpha value is -1.42. The van der Waals surface area contributed by atoms with Gasteiger partial charge in [-0.15, -0.1) is 0 Å². The average Bonchev–Trinajstić information content (AvgIpc) is 2.26. The molecule has 0 bridgehead atoms. The molecule has 0 saturated heterocycles. The lowest BCUT2D eigenvalue weighted by Gasteiger charge is -2.26. The first-order valence-electron chi connectivity index (χ1n) is 4.97. The molecule has 0 unspecified atom stereocenters. The van der Waals surface area contributed by atoms with Gasteiger partial charge in [0.05, 0.1) is 6.61 Å².